The number of benzene rings is 2. The van der Waals surface area contributed by atoms with Crippen LogP contribution in [-0.4, -0.2) is 94.8 Å². The predicted molar refractivity (Wildman–Crippen MR) is 160 cm³/mol. The van der Waals surface area contributed by atoms with E-state index in [0.717, 1.165) is 5.57 Å². The molecule has 44 heavy (non-hydrogen) atoms. The number of nitrogen functional groups attached to an aromatic ring is 1. The molecule has 9 atom stereocenters. The number of carbonyl (C=O) groups is 1. The van der Waals surface area contributed by atoms with Crippen LogP contribution in [0.3, 0.4) is 0 Å². The van der Waals surface area contributed by atoms with E-state index in [2.05, 4.69) is 5.32 Å². The molecule has 13 heteroatoms. The van der Waals surface area contributed by atoms with E-state index in [4.69, 9.17) is 41.0 Å². The van der Waals surface area contributed by atoms with Crippen molar-refractivity contribution in [2.45, 2.75) is 75.3 Å². The summed E-state index contributed by atoms with van der Waals surface area (Å²) in [5.41, 5.74) is 8.17. The Labute approximate surface area is 259 Å². The van der Waals surface area contributed by atoms with Gasteiger partial charge in [-0.3, -0.25) is 4.79 Å². The summed E-state index contributed by atoms with van der Waals surface area (Å²) in [6, 6.07) is 11.0. The fourth-order valence-corrected chi connectivity index (χ4v) is 5.69. The maximum Gasteiger partial charge on any atom is 0.247 e. The van der Waals surface area contributed by atoms with Crippen molar-refractivity contribution in [3.05, 3.63) is 70.3 Å². The second-order valence-electron chi connectivity index (χ2n) is 11.1. The molecule has 2 saturated heterocycles. The maximum absolute atomic E-state index is 12.9. The minimum Gasteiger partial charge on any atom is -0.488 e. The molecule has 0 bridgehead atoms. The Balaban J connectivity index is 1.16. The first-order chi connectivity index (χ1) is 21.0. The van der Waals surface area contributed by atoms with Crippen LogP contribution >= 0.6 is 11.6 Å². The molecule has 0 aromatic heterocycles. The van der Waals surface area contributed by atoms with E-state index in [0.29, 0.717) is 27.8 Å². The summed E-state index contributed by atoms with van der Waals surface area (Å²) < 4.78 is 28.1. The van der Waals surface area contributed by atoms with E-state index >= 15 is 0 Å². The van der Waals surface area contributed by atoms with E-state index in [1.54, 1.807) is 43.3 Å². The molecule has 1 aliphatic carbocycles. The fraction of sp³-hybridized carbons (Fsp3) is 0.452. The molecule has 0 unspecified atom stereocenters. The first-order valence-corrected chi connectivity index (χ1v) is 14.6. The highest BCUT2D eigenvalue weighted by Gasteiger charge is 2.53. The maximum atomic E-state index is 12.9. The van der Waals surface area contributed by atoms with Gasteiger partial charge >= 0.3 is 0 Å². The van der Waals surface area contributed by atoms with E-state index in [9.17, 15) is 25.2 Å². The van der Waals surface area contributed by atoms with Crippen LogP contribution in [0.5, 0.6) is 11.5 Å². The van der Waals surface area contributed by atoms with Crippen molar-refractivity contribution < 1.29 is 48.9 Å². The zero-order valence-corrected chi connectivity index (χ0v) is 25.0. The minimum absolute atomic E-state index is 0.123. The number of hydrogen-bond donors (Lipinski definition) is 6. The van der Waals surface area contributed by atoms with Gasteiger partial charge < -0.3 is 55.2 Å². The number of rotatable bonds is 9. The Hall–Kier alpha value is -3.20. The number of nitrogens with two attached hydrogens (primary N) is 1. The molecule has 2 heterocycles. The second kappa shape index (κ2) is 13.8. The molecule has 5 rings (SSSR count). The van der Waals surface area contributed by atoms with Crippen LogP contribution in [-0.2, 0) is 19.0 Å². The quantitative estimate of drug-likeness (QED) is 0.134. The average Bonchev–Trinajstić information content (AvgIpc) is 3.63. The number of hydrogen-bond acceptors (Lipinski definition) is 11. The highest BCUT2D eigenvalue weighted by molar-refractivity contribution is 6.32. The summed E-state index contributed by atoms with van der Waals surface area (Å²) in [5.74, 6) is 0.351. The van der Waals surface area contributed by atoms with Gasteiger partial charge in [0.05, 0.1) is 22.9 Å². The van der Waals surface area contributed by atoms with Crippen molar-refractivity contribution in [1.29, 1.82) is 0 Å². The number of fused-ring (bicyclic) bond motifs is 1. The first kappa shape index (κ1) is 32.2. The lowest BCUT2D eigenvalue weighted by molar-refractivity contribution is -0.155. The zero-order valence-electron chi connectivity index (χ0n) is 24.2. The summed E-state index contributed by atoms with van der Waals surface area (Å²) in [5, 5.41) is 45.1. The molecule has 0 radical (unpaired) electrons. The second-order valence-corrected chi connectivity index (χ2v) is 11.5. The Morgan fingerprint density at radius 2 is 1.77 bits per heavy atom. The molecule has 0 spiro atoms. The third-order valence-corrected chi connectivity index (χ3v) is 8.26. The first-order valence-electron chi connectivity index (χ1n) is 14.2. The van der Waals surface area contributed by atoms with Crippen molar-refractivity contribution >= 4 is 29.3 Å². The van der Waals surface area contributed by atoms with E-state index in [1.165, 1.54) is 0 Å². The molecular weight excluding hydrogens is 596 g/mol. The third-order valence-electron chi connectivity index (χ3n) is 7.95. The van der Waals surface area contributed by atoms with E-state index in [-0.39, 0.29) is 25.4 Å². The molecule has 3 fully saturated rings. The summed E-state index contributed by atoms with van der Waals surface area (Å²) in [7, 11) is 0. The van der Waals surface area contributed by atoms with Gasteiger partial charge in [-0.25, -0.2) is 0 Å². The van der Waals surface area contributed by atoms with Crippen LogP contribution in [0.25, 0.3) is 6.08 Å². The van der Waals surface area contributed by atoms with Crippen molar-refractivity contribution in [2.24, 2.45) is 0 Å². The number of halogens is 1. The SMILES string of the molecule is C/C(=C/COc1ccccc1Cl)[C@H]1O[C@@H](Oc2ccc(/C=C(\C)C(=O)N[C@@H]3[C@H](O)[C@@H](O)[C@H]4OCO[C@H]4[C@@H]3O)cc2N)C[C@@H]1O. The van der Waals surface area contributed by atoms with Gasteiger partial charge in [-0.2, -0.15) is 0 Å². The van der Waals surface area contributed by atoms with Crippen LogP contribution in [0, 0.1) is 0 Å². The molecule has 12 nitrogen and oxygen atoms in total. The van der Waals surface area contributed by atoms with E-state index < -0.39 is 61.0 Å². The summed E-state index contributed by atoms with van der Waals surface area (Å²) in [4.78, 5) is 12.9. The Morgan fingerprint density at radius 1 is 1.05 bits per heavy atom. The van der Waals surface area contributed by atoms with Gasteiger partial charge in [-0.1, -0.05) is 29.8 Å². The lowest BCUT2D eigenvalue weighted by Crippen LogP contribution is -2.67. The Kier molecular flexibility index (Phi) is 10.1. The smallest absolute Gasteiger partial charge is 0.247 e. The number of ether oxygens (including phenoxy) is 5. The highest BCUT2D eigenvalue weighted by Crippen LogP contribution is 2.32. The van der Waals surface area contributed by atoms with Gasteiger partial charge in [-0.15, -0.1) is 0 Å². The summed E-state index contributed by atoms with van der Waals surface area (Å²) in [6.45, 7) is 3.53. The molecule has 1 amide bonds. The van der Waals surface area contributed by atoms with Crippen LogP contribution in [0.4, 0.5) is 5.69 Å². The number of nitrogens with one attached hydrogen (secondary N) is 1. The molecule has 238 valence electrons. The number of anilines is 1. The van der Waals surface area contributed by atoms with Crippen molar-refractivity contribution in [3.8, 4) is 11.5 Å². The highest BCUT2D eigenvalue weighted by atomic mass is 35.5. The van der Waals surface area contributed by atoms with Gasteiger partial charge in [0.25, 0.3) is 0 Å². The Bertz CT molecular complexity index is 1400. The largest absolute Gasteiger partial charge is 0.488 e. The molecule has 2 aromatic carbocycles. The fourth-order valence-electron chi connectivity index (χ4n) is 5.50. The van der Waals surface area contributed by atoms with Crippen molar-refractivity contribution in [3.63, 3.8) is 0 Å². The summed E-state index contributed by atoms with van der Waals surface area (Å²) >= 11 is 6.12. The number of carbonyl (C=O) groups excluding carboxylic acids is 1. The lowest BCUT2D eigenvalue weighted by Gasteiger charge is -2.41. The van der Waals surface area contributed by atoms with Crippen molar-refractivity contribution in [2.75, 3.05) is 19.1 Å². The predicted octanol–water partition coefficient (Wildman–Crippen LogP) is 1.53. The minimum atomic E-state index is -1.45. The standard InChI is InChI=1S/C31H37ClN2O10/c1-15(9-10-40-21-6-4-3-5-18(21)32)28-20(35)13-23(44-28)43-22-8-7-17(12-19(22)33)11-16(2)31(39)34-24-25(36)27(38)30-29(26(24)37)41-14-42-30/h3-9,11-12,20,23-30,35-38H,10,13-14,33H2,1-2H3,(H,34,39)/b15-9-,16-11+/t20-,23+,24+,25-,26+,27+,28+,29-,30+/m0/s1. The normalized spacial score (nSPS) is 32.3. The van der Waals surface area contributed by atoms with Crippen LogP contribution < -0.4 is 20.5 Å². The topological polar surface area (TPSA) is 182 Å². The molecule has 7 N–H and O–H groups in total. The van der Waals surface area contributed by atoms with Crippen LogP contribution in [0.2, 0.25) is 5.02 Å². The third kappa shape index (κ3) is 7.03. The van der Waals surface area contributed by atoms with Gasteiger partial charge in [0.15, 0.2) is 0 Å². The molecule has 3 aliphatic rings. The van der Waals surface area contributed by atoms with E-state index in [1.807, 2.05) is 25.1 Å². The number of amides is 1. The van der Waals surface area contributed by atoms with Gasteiger partial charge in [0.2, 0.25) is 12.2 Å². The lowest BCUT2D eigenvalue weighted by atomic mass is 9.83. The Morgan fingerprint density at radius 3 is 2.50 bits per heavy atom. The number of aliphatic hydroxyl groups is 4. The summed E-state index contributed by atoms with van der Waals surface area (Å²) in [6.07, 6.45) is -4.29. The van der Waals surface area contributed by atoms with Crippen molar-refractivity contribution in [1.82, 2.24) is 5.32 Å². The zero-order chi connectivity index (χ0) is 31.5. The molecular formula is C31H37ClN2O10. The van der Waals surface area contributed by atoms with Crippen LogP contribution in [0.15, 0.2) is 59.7 Å². The van der Waals surface area contributed by atoms with Gasteiger partial charge in [0.1, 0.15) is 61.5 Å². The number of para-hydroxylation sites is 1. The van der Waals surface area contributed by atoms with Gasteiger partial charge in [-0.05, 0) is 61.4 Å². The van der Waals surface area contributed by atoms with Crippen LogP contribution in [0.1, 0.15) is 25.8 Å². The molecule has 2 aromatic rings. The molecule has 2 aliphatic heterocycles. The number of aliphatic hydroxyl groups excluding tert-OH is 4. The average molecular weight is 633 g/mol. The molecule has 1 saturated carbocycles. The van der Waals surface area contributed by atoms with Gasteiger partial charge in [0, 0.05) is 12.0 Å². The monoisotopic (exact) mass is 632 g/mol.